The molecule has 1 aliphatic rings. The summed E-state index contributed by atoms with van der Waals surface area (Å²) in [6, 6.07) is 5.17. The number of carboxylic acid groups (broad SMARTS) is 1. The number of hydrogen-bond acceptors (Lipinski definition) is 3. The molecule has 1 aromatic carbocycles. The Morgan fingerprint density at radius 3 is 3.10 bits per heavy atom. The Balaban J connectivity index is 1.75. The van der Waals surface area contributed by atoms with Gasteiger partial charge in [-0.25, -0.2) is 9.78 Å². The molecule has 0 saturated carbocycles. The first-order valence-electron chi connectivity index (χ1n) is 7.06. The number of aromatic carboxylic acids is 1. The monoisotopic (exact) mass is 274 g/mol. The molecule has 2 heterocycles. The first-order valence-corrected chi connectivity index (χ1v) is 7.06. The minimum Gasteiger partial charge on any atom is -0.478 e. The van der Waals surface area contributed by atoms with Crippen molar-refractivity contribution in [2.75, 3.05) is 6.61 Å². The molecule has 1 saturated heterocycles. The molecule has 0 radical (unpaired) electrons. The minimum atomic E-state index is -0.940. The Hall–Kier alpha value is -1.88. The highest BCUT2D eigenvalue weighted by Gasteiger charge is 2.16. The lowest BCUT2D eigenvalue weighted by Crippen LogP contribution is -2.19. The van der Waals surface area contributed by atoms with E-state index in [0.29, 0.717) is 11.6 Å². The van der Waals surface area contributed by atoms with Crippen LogP contribution in [-0.4, -0.2) is 33.8 Å². The van der Waals surface area contributed by atoms with Crippen LogP contribution in [0.25, 0.3) is 11.0 Å². The quantitative estimate of drug-likeness (QED) is 0.899. The lowest BCUT2D eigenvalue weighted by Gasteiger charge is -2.21. The van der Waals surface area contributed by atoms with Crippen LogP contribution in [0.2, 0.25) is 0 Å². The summed E-state index contributed by atoms with van der Waals surface area (Å²) in [7, 11) is 0. The van der Waals surface area contributed by atoms with Gasteiger partial charge >= 0.3 is 5.97 Å². The molecule has 5 nitrogen and oxygen atoms in total. The van der Waals surface area contributed by atoms with Gasteiger partial charge in [0.25, 0.3) is 0 Å². The van der Waals surface area contributed by atoms with Crippen LogP contribution in [0.3, 0.4) is 0 Å². The summed E-state index contributed by atoms with van der Waals surface area (Å²) >= 11 is 0. The summed E-state index contributed by atoms with van der Waals surface area (Å²) in [5.41, 5.74) is 1.57. The van der Waals surface area contributed by atoms with Gasteiger partial charge in [-0.15, -0.1) is 0 Å². The van der Waals surface area contributed by atoms with Crippen molar-refractivity contribution < 1.29 is 14.6 Å². The maximum absolute atomic E-state index is 11.2. The van der Waals surface area contributed by atoms with Crippen molar-refractivity contribution in [1.82, 2.24) is 9.97 Å². The molecule has 1 atom stereocenters. The number of aryl methyl sites for hydroxylation is 1. The van der Waals surface area contributed by atoms with Crippen LogP contribution in [0.4, 0.5) is 0 Å². The Bertz CT molecular complexity index is 615. The summed E-state index contributed by atoms with van der Waals surface area (Å²) in [4.78, 5) is 18.8. The molecule has 20 heavy (non-hydrogen) atoms. The molecule has 0 bridgehead atoms. The lowest BCUT2D eigenvalue weighted by molar-refractivity contribution is 0.0112. The highest BCUT2D eigenvalue weighted by molar-refractivity contribution is 6.00. The molecule has 1 fully saturated rings. The number of imidazole rings is 1. The fourth-order valence-corrected chi connectivity index (χ4v) is 2.71. The standard InChI is InChI=1S/C15H18N2O3/c18-15(19)11-5-3-6-12-14(11)17-13(16-12)8-7-10-4-1-2-9-20-10/h3,5-6,10H,1-2,4,7-9H2,(H,16,17)(H,18,19). The molecule has 3 rings (SSSR count). The van der Waals surface area contributed by atoms with Crippen molar-refractivity contribution in [3.05, 3.63) is 29.6 Å². The molecule has 106 valence electrons. The van der Waals surface area contributed by atoms with Gasteiger partial charge in [-0.3, -0.25) is 0 Å². The largest absolute Gasteiger partial charge is 0.478 e. The van der Waals surface area contributed by atoms with E-state index in [4.69, 9.17) is 9.84 Å². The van der Waals surface area contributed by atoms with Gasteiger partial charge in [0.05, 0.1) is 17.2 Å². The topological polar surface area (TPSA) is 75.2 Å². The summed E-state index contributed by atoms with van der Waals surface area (Å²) < 4.78 is 5.70. The number of fused-ring (bicyclic) bond motifs is 1. The molecule has 5 heteroatoms. The summed E-state index contributed by atoms with van der Waals surface area (Å²) in [6.45, 7) is 0.855. The fourth-order valence-electron chi connectivity index (χ4n) is 2.71. The van der Waals surface area contributed by atoms with Crippen molar-refractivity contribution >= 4 is 17.0 Å². The maximum atomic E-state index is 11.2. The van der Waals surface area contributed by atoms with Crippen molar-refractivity contribution in [3.8, 4) is 0 Å². The lowest BCUT2D eigenvalue weighted by atomic mass is 10.0. The number of hydrogen-bond donors (Lipinski definition) is 2. The van der Waals surface area contributed by atoms with Gasteiger partial charge in [0.15, 0.2) is 0 Å². The number of carboxylic acids is 1. The molecule has 0 aliphatic carbocycles. The van der Waals surface area contributed by atoms with Crippen LogP contribution in [-0.2, 0) is 11.2 Å². The molecular formula is C15H18N2O3. The Morgan fingerprint density at radius 2 is 2.35 bits per heavy atom. The van der Waals surface area contributed by atoms with Crippen LogP contribution >= 0.6 is 0 Å². The van der Waals surface area contributed by atoms with Gasteiger partial charge in [-0.2, -0.15) is 0 Å². The number of H-pyrrole nitrogens is 1. The fraction of sp³-hybridized carbons (Fsp3) is 0.467. The smallest absolute Gasteiger partial charge is 0.337 e. The first kappa shape index (κ1) is 13.1. The SMILES string of the molecule is O=C(O)c1cccc2[nH]c(CCC3CCCCO3)nc12. The number of nitrogens with one attached hydrogen (secondary N) is 1. The highest BCUT2D eigenvalue weighted by Crippen LogP contribution is 2.20. The molecule has 0 spiro atoms. The molecule has 0 amide bonds. The van der Waals surface area contributed by atoms with Gasteiger partial charge in [-0.05, 0) is 37.8 Å². The predicted octanol–water partition coefficient (Wildman–Crippen LogP) is 2.76. The van der Waals surface area contributed by atoms with Gasteiger partial charge in [0, 0.05) is 13.0 Å². The number of nitrogens with zero attached hydrogens (tertiary/aromatic N) is 1. The predicted molar refractivity (Wildman–Crippen MR) is 75.0 cm³/mol. The van der Waals surface area contributed by atoms with Crippen LogP contribution in [0, 0.1) is 0 Å². The normalized spacial score (nSPS) is 19.3. The van der Waals surface area contributed by atoms with E-state index in [2.05, 4.69) is 9.97 Å². The number of ether oxygens (including phenoxy) is 1. The van der Waals surface area contributed by atoms with E-state index < -0.39 is 5.97 Å². The van der Waals surface area contributed by atoms with E-state index in [0.717, 1.165) is 43.6 Å². The third-order valence-corrected chi connectivity index (χ3v) is 3.77. The first-order chi connectivity index (χ1) is 9.74. The number of rotatable bonds is 4. The van der Waals surface area contributed by atoms with Crippen molar-refractivity contribution in [2.24, 2.45) is 0 Å². The zero-order valence-electron chi connectivity index (χ0n) is 11.3. The average molecular weight is 274 g/mol. The molecule has 1 aromatic heterocycles. The molecule has 1 unspecified atom stereocenters. The average Bonchev–Trinajstić information content (AvgIpc) is 2.88. The van der Waals surface area contributed by atoms with E-state index in [1.54, 1.807) is 12.1 Å². The van der Waals surface area contributed by atoms with Crippen LogP contribution in [0.5, 0.6) is 0 Å². The highest BCUT2D eigenvalue weighted by atomic mass is 16.5. The summed E-state index contributed by atoms with van der Waals surface area (Å²) in [6.07, 6.45) is 5.54. The van der Waals surface area contributed by atoms with Crippen LogP contribution in [0.15, 0.2) is 18.2 Å². The number of aromatic amines is 1. The molecule has 2 aromatic rings. The van der Waals surface area contributed by atoms with E-state index in [1.165, 1.54) is 6.42 Å². The number of para-hydroxylation sites is 1. The second-order valence-corrected chi connectivity index (χ2v) is 5.22. The van der Waals surface area contributed by atoms with E-state index in [-0.39, 0.29) is 5.56 Å². The summed E-state index contributed by atoms with van der Waals surface area (Å²) in [5, 5.41) is 9.15. The van der Waals surface area contributed by atoms with E-state index in [9.17, 15) is 4.79 Å². The van der Waals surface area contributed by atoms with E-state index in [1.807, 2.05) is 6.07 Å². The Morgan fingerprint density at radius 1 is 1.45 bits per heavy atom. The molecule has 2 N–H and O–H groups in total. The van der Waals surface area contributed by atoms with Crippen molar-refractivity contribution in [1.29, 1.82) is 0 Å². The Kier molecular flexibility index (Phi) is 3.69. The van der Waals surface area contributed by atoms with Gasteiger partial charge < -0.3 is 14.8 Å². The van der Waals surface area contributed by atoms with Gasteiger partial charge in [0.1, 0.15) is 11.3 Å². The maximum Gasteiger partial charge on any atom is 0.337 e. The van der Waals surface area contributed by atoms with Crippen LogP contribution < -0.4 is 0 Å². The molecule has 1 aliphatic heterocycles. The minimum absolute atomic E-state index is 0.249. The number of aromatic nitrogens is 2. The van der Waals surface area contributed by atoms with Crippen molar-refractivity contribution in [2.45, 2.75) is 38.2 Å². The Labute approximate surface area is 117 Å². The third-order valence-electron chi connectivity index (χ3n) is 3.77. The molecular weight excluding hydrogens is 256 g/mol. The van der Waals surface area contributed by atoms with Crippen LogP contribution in [0.1, 0.15) is 41.9 Å². The number of carbonyl (C=O) groups is 1. The summed E-state index contributed by atoms with van der Waals surface area (Å²) in [5.74, 6) is -0.105. The van der Waals surface area contributed by atoms with Crippen molar-refractivity contribution in [3.63, 3.8) is 0 Å². The zero-order chi connectivity index (χ0) is 13.9. The third kappa shape index (κ3) is 2.67. The van der Waals surface area contributed by atoms with Gasteiger partial charge in [0.2, 0.25) is 0 Å². The second kappa shape index (κ2) is 5.63. The van der Waals surface area contributed by atoms with E-state index >= 15 is 0 Å². The second-order valence-electron chi connectivity index (χ2n) is 5.22. The zero-order valence-corrected chi connectivity index (χ0v) is 11.3. The number of benzene rings is 1. The van der Waals surface area contributed by atoms with Gasteiger partial charge in [-0.1, -0.05) is 6.07 Å².